The molecule has 0 bridgehead atoms. The van der Waals surface area contributed by atoms with Crippen molar-refractivity contribution in [3.05, 3.63) is 89.2 Å². The number of hydrogen-bond donors (Lipinski definition) is 1. The summed E-state index contributed by atoms with van der Waals surface area (Å²) >= 11 is 0. The van der Waals surface area contributed by atoms with Gasteiger partial charge in [0.2, 0.25) is 0 Å². The topological polar surface area (TPSA) is 46.5 Å². The Bertz CT molecular complexity index is 898. The SMILES string of the molecule is O=C(O)Cc1cccc(OC2=CC(c3cccc(C(F)(F)F)c3)CC=C2)c1. The molecule has 6 heteroatoms. The van der Waals surface area contributed by atoms with Crippen molar-refractivity contribution < 1.29 is 27.8 Å². The van der Waals surface area contributed by atoms with Crippen molar-refractivity contribution in [1.82, 2.24) is 0 Å². The molecule has 0 amide bonds. The van der Waals surface area contributed by atoms with Crippen LogP contribution in [0.15, 0.2) is 72.5 Å². The molecule has 1 aliphatic rings. The Kier molecular flexibility index (Phi) is 5.35. The van der Waals surface area contributed by atoms with Crippen molar-refractivity contribution in [2.75, 3.05) is 0 Å². The molecule has 27 heavy (non-hydrogen) atoms. The minimum Gasteiger partial charge on any atom is -0.481 e. The largest absolute Gasteiger partial charge is 0.481 e. The first kappa shape index (κ1) is 18.8. The third-order valence-corrected chi connectivity index (χ3v) is 4.17. The summed E-state index contributed by atoms with van der Waals surface area (Å²) < 4.78 is 44.6. The summed E-state index contributed by atoms with van der Waals surface area (Å²) in [5.41, 5.74) is 0.497. The minimum atomic E-state index is -4.38. The summed E-state index contributed by atoms with van der Waals surface area (Å²) in [4.78, 5) is 10.8. The van der Waals surface area contributed by atoms with Crippen LogP contribution in [0.2, 0.25) is 0 Å². The summed E-state index contributed by atoms with van der Waals surface area (Å²) in [6.45, 7) is 0. The van der Waals surface area contributed by atoms with Gasteiger partial charge >= 0.3 is 12.1 Å². The van der Waals surface area contributed by atoms with E-state index in [1.807, 2.05) is 6.08 Å². The Balaban J connectivity index is 1.79. The van der Waals surface area contributed by atoms with Crippen LogP contribution in [-0.4, -0.2) is 11.1 Å². The summed E-state index contributed by atoms with van der Waals surface area (Å²) in [6.07, 6.45) is 1.47. The highest BCUT2D eigenvalue weighted by molar-refractivity contribution is 5.70. The Morgan fingerprint density at radius 3 is 2.67 bits per heavy atom. The lowest BCUT2D eigenvalue weighted by atomic mass is 9.91. The van der Waals surface area contributed by atoms with E-state index in [9.17, 15) is 18.0 Å². The molecular weight excluding hydrogens is 357 g/mol. The van der Waals surface area contributed by atoms with Crippen LogP contribution in [0.3, 0.4) is 0 Å². The van der Waals surface area contributed by atoms with Gasteiger partial charge < -0.3 is 9.84 Å². The molecule has 1 atom stereocenters. The molecule has 1 aliphatic carbocycles. The minimum absolute atomic E-state index is 0.112. The Labute approximate surface area is 154 Å². The van der Waals surface area contributed by atoms with Crippen molar-refractivity contribution >= 4 is 5.97 Å². The van der Waals surface area contributed by atoms with E-state index in [1.165, 1.54) is 6.07 Å². The van der Waals surface area contributed by atoms with E-state index in [1.54, 1.807) is 42.5 Å². The molecule has 0 heterocycles. The molecule has 0 aromatic heterocycles. The average Bonchev–Trinajstić information content (AvgIpc) is 2.61. The lowest BCUT2D eigenvalue weighted by Crippen LogP contribution is -2.08. The summed E-state index contributed by atoms with van der Waals surface area (Å²) in [7, 11) is 0. The van der Waals surface area contributed by atoms with Crippen LogP contribution >= 0.6 is 0 Å². The van der Waals surface area contributed by atoms with Gasteiger partial charge in [0.25, 0.3) is 0 Å². The van der Waals surface area contributed by atoms with Gasteiger partial charge in [0.1, 0.15) is 11.5 Å². The molecule has 0 aliphatic heterocycles. The van der Waals surface area contributed by atoms with Gasteiger partial charge in [0.05, 0.1) is 12.0 Å². The second-order valence-electron chi connectivity index (χ2n) is 6.26. The fourth-order valence-corrected chi connectivity index (χ4v) is 2.93. The first-order valence-corrected chi connectivity index (χ1v) is 8.35. The molecule has 1 N–H and O–H groups in total. The van der Waals surface area contributed by atoms with Gasteiger partial charge in [-0.1, -0.05) is 36.4 Å². The van der Waals surface area contributed by atoms with Crippen LogP contribution in [0.5, 0.6) is 5.75 Å². The summed E-state index contributed by atoms with van der Waals surface area (Å²) in [5, 5.41) is 8.88. The Morgan fingerprint density at radius 2 is 1.93 bits per heavy atom. The smallest absolute Gasteiger partial charge is 0.416 e. The predicted octanol–water partition coefficient (Wildman–Crippen LogP) is 5.34. The molecule has 2 aromatic rings. The van der Waals surface area contributed by atoms with Gasteiger partial charge in [-0.05, 0) is 47.9 Å². The van der Waals surface area contributed by atoms with E-state index < -0.39 is 17.7 Å². The number of hydrogen-bond acceptors (Lipinski definition) is 2. The van der Waals surface area contributed by atoms with E-state index >= 15 is 0 Å². The zero-order valence-corrected chi connectivity index (χ0v) is 14.2. The molecule has 3 nitrogen and oxygen atoms in total. The van der Waals surface area contributed by atoms with E-state index in [0.717, 1.165) is 12.1 Å². The maximum absolute atomic E-state index is 12.9. The number of alkyl halides is 3. The Morgan fingerprint density at radius 1 is 1.15 bits per heavy atom. The second-order valence-corrected chi connectivity index (χ2v) is 6.26. The molecule has 0 saturated heterocycles. The van der Waals surface area contributed by atoms with Crippen LogP contribution < -0.4 is 4.74 Å². The lowest BCUT2D eigenvalue weighted by molar-refractivity contribution is -0.138. The second kappa shape index (κ2) is 7.70. The zero-order valence-electron chi connectivity index (χ0n) is 14.2. The number of benzene rings is 2. The molecule has 0 radical (unpaired) electrons. The van der Waals surface area contributed by atoms with Gasteiger partial charge in [-0.3, -0.25) is 4.79 Å². The molecule has 0 spiro atoms. The number of carboxylic acids is 1. The molecule has 140 valence electrons. The third-order valence-electron chi connectivity index (χ3n) is 4.17. The molecular formula is C21H17F3O3. The number of halogens is 3. The molecule has 3 rings (SSSR count). The lowest BCUT2D eigenvalue weighted by Gasteiger charge is -2.19. The van der Waals surface area contributed by atoms with Crippen molar-refractivity contribution in [3.8, 4) is 5.75 Å². The van der Waals surface area contributed by atoms with E-state index in [2.05, 4.69) is 0 Å². The van der Waals surface area contributed by atoms with Crippen molar-refractivity contribution in [3.63, 3.8) is 0 Å². The maximum atomic E-state index is 12.9. The van der Waals surface area contributed by atoms with Crippen LogP contribution in [0, 0.1) is 0 Å². The first-order valence-electron chi connectivity index (χ1n) is 8.35. The monoisotopic (exact) mass is 374 g/mol. The van der Waals surface area contributed by atoms with E-state index in [4.69, 9.17) is 9.84 Å². The molecule has 1 unspecified atom stereocenters. The van der Waals surface area contributed by atoms with E-state index in [0.29, 0.717) is 29.1 Å². The fourth-order valence-electron chi connectivity index (χ4n) is 2.93. The number of rotatable bonds is 5. The van der Waals surface area contributed by atoms with E-state index in [-0.39, 0.29) is 12.3 Å². The van der Waals surface area contributed by atoms with Gasteiger partial charge in [-0.15, -0.1) is 0 Å². The van der Waals surface area contributed by atoms with Crippen LogP contribution in [-0.2, 0) is 17.4 Å². The van der Waals surface area contributed by atoms with Gasteiger partial charge in [-0.2, -0.15) is 13.2 Å². The van der Waals surface area contributed by atoms with Crippen LogP contribution in [0.4, 0.5) is 13.2 Å². The maximum Gasteiger partial charge on any atom is 0.416 e. The third kappa shape index (κ3) is 5.00. The number of carboxylic acid groups (broad SMARTS) is 1. The summed E-state index contributed by atoms with van der Waals surface area (Å²) in [5.74, 6) is -0.173. The van der Waals surface area contributed by atoms with Gasteiger partial charge in [0, 0.05) is 5.92 Å². The van der Waals surface area contributed by atoms with Crippen molar-refractivity contribution in [1.29, 1.82) is 0 Å². The van der Waals surface area contributed by atoms with Gasteiger partial charge in [-0.25, -0.2) is 0 Å². The number of carbonyl (C=O) groups is 1. The normalized spacial score (nSPS) is 16.7. The predicted molar refractivity (Wildman–Crippen MR) is 94.4 cm³/mol. The Hall–Kier alpha value is -3.02. The van der Waals surface area contributed by atoms with Crippen LogP contribution in [0.1, 0.15) is 29.0 Å². The number of allylic oxidation sites excluding steroid dienone is 3. The molecule has 2 aromatic carbocycles. The highest BCUT2D eigenvalue weighted by Gasteiger charge is 2.31. The zero-order chi connectivity index (χ0) is 19.4. The first-order chi connectivity index (χ1) is 12.8. The van der Waals surface area contributed by atoms with Crippen LogP contribution in [0.25, 0.3) is 0 Å². The molecule has 0 saturated carbocycles. The highest BCUT2D eigenvalue weighted by Crippen LogP contribution is 2.34. The highest BCUT2D eigenvalue weighted by atomic mass is 19.4. The molecule has 0 fully saturated rings. The quantitative estimate of drug-likeness (QED) is 0.769. The number of aliphatic carboxylic acids is 1. The standard InChI is InChI=1S/C21H17F3O3/c22-21(23,24)17-7-2-5-15(12-17)16-6-3-9-19(13-16)27-18-8-1-4-14(10-18)11-20(25)26/h1-5,7-10,12-13,16H,6,11H2,(H,25,26). The van der Waals surface area contributed by atoms with Gasteiger partial charge in [0.15, 0.2) is 0 Å². The van der Waals surface area contributed by atoms with Crippen molar-refractivity contribution in [2.24, 2.45) is 0 Å². The number of ether oxygens (including phenoxy) is 1. The fraction of sp³-hybridized carbons (Fsp3) is 0.190. The average molecular weight is 374 g/mol. The van der Waals surface area contributed by atoms with Crippen molar-refractivity contribution in [2.45, 2.75) is 24.9 Å². The summed E-state index contributed by atoms with van der Waals surface area (Å²) in [6, 6.07) is 12.0.